The van der Waals surface area contributed by atoms with E-state index in [4.69, 9.17) is 0 Å². The van der Waals surface area contributed by atoms with E-state index in [2.05, 4.69) is 74.2 Å². The average molecular weight is 248 g/mol. The summed E-state index contributed by atoms with van der Waals surface area (Å²) in [5, 5.41) is 0. The maximum absolute atomic E-state index is 3.22. The Morgan fingerprint density at radius 1 is 0.684 bits per heavy atom. The third-order valence-corrected chi connectivity index (χ3v) is 3.21. The quantitative estimate of drug-likeness (QED) is 0.696. The van der Waals surface area contributed by atoms with Crippen LogP contribution in [0.1, 0.15) is 42.5 Å². The normalized spacial score (nSPS) is 9.79. The summed E-state index contributed by atoms with van der Waals surface area (Å²) in [6.07, 6.45) is 3.41. The van der Waals surface area contributed by atoms with Gasteiger partial charge in [0.2, 0.25) is 0 Å². The van der Waals surface area contributed by atoms with Crippen molar-refractivity contribution in [3.8, 4) is 11.8 Å². The molecule has 96 valence electrons. The van der Waals surface area contributed by atoms with Gasteiger partial charge < -0.3 is 0 Å². The smallest absolute Gasteiger partial charge is 0.0249 e. The molecule has 0 bridgehead atoms. The molecule has 0 unspecified atom stereocenters. The zero-order valence-electron chi connectivity index (χ0n) is 11.7. The first-order chi connectivity index (χ1) is 9.31. The Balaban J connectivity index is 2.09. The van der Waals surface area contributed by atoms with Gasteiger partial charge in [0.05, 0.1) is 0 Å². The Hall–Kier alpha value is -2.00. The van der Waals surface area contributed by atoms with Crippen LogP contribution in [0.5, 0.6) is 0 Å². The van der Waals surface area contributed by atoms with Crippen LogP contribution in [0.25, 0.3) is 0 Å². The molecule has 0 saturated carbocycles. The molecule has 0 atom stereocenters. The van der Waals surface area contributed by atoms with E-state index in [1.165, 1.54) is 17.5 Å². The number of hydrogen-bond acceptors (Lipinski definition) is 0. The van der Waals surface area contributed by atoms with E-state index in [1.807, 2.05) is 0 Å². The first kappa shape index (κ1) is 13.4. The Labute approximate surface area is 116 Å². The van der Waals surface area contributed by atoms with Crippen LogP contribution in [0, 0.1) is 11.8 Å². The van der Waals surface area contributed by atoms with Crippen molar-refractivity contribution in [3.63, 3.8) is 0 Å². The van der Waals surface area contributed by atoms with E-state index in [0.717, 1.165) is 24.0 Å². The van der Waals surface area contributed by atoms with Gasteiger partial charge in [-0.05, 0) is 48.2 Å². The SMILES string of the molecule is CCCc1ccc(C#Cc2ccc(CC)cc2)cc1. The number of rotatable bonds is 3. The number of hydrogen-bond donors (Lipinski definition) is 0. The molecule has 2 rings (SSSR count). The highest BCUT2D eigenvalue weighted by molar-refractivity contribution is 5.44. The van der Waals surface area contributed by atoms with Gasteiger partial charge >= 0.3 is 0 Å². The largest absolute Gasteiger partial charge is 0.0651 e. The summed E-state index contributed by atoms with van der Waals surface area (Å²) in [6, 6.07) is 17.1. The monoisotopic (exact) mass is 248 g/mol. The predicted molar refractivity (Wildman–Crippen MR) is 82.2 cm³/mol. The minimum absolute atomic E-state index is 1.08. The third-order valence-electron chi connectivity index (χ3n) is 3.21. The Morgan fingerprint density at radius 2 is 1.16 bits per heavy atom. The molecule has 2 aromatic rings. The summed E-state index contributed by atoms with van der Waals surface area (Å²) in [5.74, 6) is 6.43. The Morgan fingerprint density at radius 3 is 1.58 bits per heavy atom. The molecular weight excluding hydrogens is 228 g/mol. The molecule has 0 N–H and O–H groups in total. The second-order valence-corrected chi connectivity index (χ2v) is 4.75. The van der Waals surface area contributed by atoms with Crippen LogP contribution in [-0.4, -0.2) is 0 Å². The van der Waals surface area contributed by atoms with Gasteiger partial charge in [-0.2, -0.15) is 0 Å². The van der Waals surface area contributed by atoms with Gasteiger partial charge in [-0.1, -0.05) is 56.4 Å². The van der Waals surface area contributed by atoms with Crippen LogP contribution in [-0.2, 0) is 12.8 Å². The summed E-state index contributed by atoms with van der Waals surface area (Å²) < 4.78 is 0. The lowest BCUT2D eigenvalue weighted by molar-refractivity contribution is 0.922. The third kappa shape index (κ3) is 4.00. The summed E-state index contributed by atoms with van der Waals surface area (Å²) in [7, 11) is 0. The first-order valence-corrected chi connectivity index (χ1v) is 7.01. The lowest BCUT2D eigenvalue weighted by Gasteiger charge is -1.98. The molecule has 0 heterocycles. The lowest BCUT2D eigenvalue weighted by Crippen LogP contribution is -1.83. The molecule has 0 aliphatic carbocycles. The van der Waals surface area contributed by atoms with E-state index in [-0.39, 0.29) is 0 Å². The molecule has 0 amide bonds. The zero-order chi connectivity index (χ0) is 13.5. The first-order valence-electron chi connectivity index (χ1n) is 7.01. The van der Waals surface area contributed by atoms with Gasteiger partial charge in [-0.25, -0.2) is 0 Å². The predicted octanol–water partition coefficient (Wildman–Crippen LogP) is 4.60. The molecule has 0 aromatic heterocycles. The summed E-state index contributed by atoms with van der Waals surface area (Å²) >= 11 is 0. The van der Waals surface area contributed by atoms with Crippen molar-refractivity contribution in [2.75, 3.05) is 0 Å². The number of aryl methyl sites for hydroxylation is 2. The van der Waals surface area contributed by atoms with Crippen LogP contribution in [0.4, 0.5) is 0 Å². The molecule has 0 fully saturated rings. The van der Waals surface area contributed by atoms with Crippen LogP contribution in [0.2, 0.25) is 0 Å². The fourth-order valence-corrected chi connectivity index (χ4v) is 2.01. The van der Waals surface area contributed by atoms with Crippen molar-refractivity contribution in [2.24, 2.45) is 0 Å². The molecule has 0 saturated heterocycles. The van der Waals surface area contributed by atoms with Crippen LogP contribution >= 0.6 is 0 Å². The van der Waals surface area contributed by atoms with Crippen molar-refractivity contribution >= 4 is 0 Å². The van der Waals surface area contributed by atoms with Crippen LogP contribution < -0.4 is 0 Å². The van der Waals surface area contributed by atoms with Crippen LogP contribution in [0.15, 0.2) is 48.5 Å². The molecule has 0 aliphatic heterocycles. The highest BCUT2D eigenvalue weighted by atomic mass is 14.0. The Bertz CT molecular complexity index is 562. The van der Waals surface area contributed by atoms with Crippen molar-refractivity contribution in [2.45, 2.75) is 33.1 Å². The molecular formula is C19H20. The highest BCUT2D eigenvalue weighted by Crippen LogP contribution is 2.07. The van der Waals surface area contributed by atoms with Crippen molar-refractivity contribution < 1.29 is 0 Å². The fourth-order valence-electron chi connectivity index (χ4n) is 2.01. The van der Waals surface area contributed by atoms with Crippen LogP contribution in [0.3, 0.4) is 0 Å². The second-order valence-electron chi connectivity index (χ2n) is 4.75. The molecule has 0 spiro atoms. The molecule has 0 aliphatic rings. The Kier molecular flexibility index (Phi) is 4.81. The summed E-state index contributed by atoms with van der Waals surface area (Å²) in [5.41, 5.74) is 4.91. The molecule has 0 nitrogen and oxygen atoms in total. The molecule has 2 aromatic carbocycles. The van der Waals surface area contributed by atoms with Gasteiger partial charge in [-0.3, -0.25) is 0 Å². The van der Waals surface area contributed by atoms with Gasteiger partial charge in [0.15, 0.2) is 0 Å². The average Bonchev–Trinajstić information content (AvgIpc) is 2.47. The van der Waals surface area contributed by atoms with E-state index in [1.54, 1.807) is 0 Å². The van der Waals surface area contributed by atoms with E-state index >= 15 is 0 Å². The van der Waals surface area contributed by atoms with E-state index in [9.17, 15) is 0 Å². The standard InChI is InChI=1S/C19H20/c1-3-5-17-10-12-19(13-11-17)15-14-18-8-6-16(4-2)7-9-18/h6-13H,3-5H2,1-2H3. The van der Waals surface area contributed by atoms with Gasteiger partial charge in [0, 0.05) is 11.1 Å². The van der Waals surface area contributed by atoms with Crippen molar-refractivity contribution in [3.05, 3.63) is 70.8 Å². The maximum atomic E-state index is 3.22. The summed E-state index contributed by atoms with van der Waals surface area (Å²) in [6.45, 7) is 4.37. The fraction of sp³-hybridized carbons (Fsp3) is 0.263. The van der Waals surface area contributed by atoms with E-state index < -0.39 is 0 Å². The van der Waals surface area contributed by atoms with Gasteiger partial charge in [0.1, 0.15) is 0 Å². The molecule has 19 heavy (non-hydrogen) atoms. The summed E-state index contributed by atoms with van der Waals surface area (Å²) in [4.78, 5) is 0. The maximum Gasteiger partial charge on any atom is 0.0249 e. The second kappa shape index (κ2) is 6.81. The lowest BCUT2D eigenvalue weighted by atomic mass is 10.1. The van der Waals surface area contributed by atoms with Crippen molar-refractivity contribution in [1.29, 1.82) is 0 Å². The molecule has 0 heteroatoms. The van der Waals surface area contributed by atoms with E-state index in [0.29, 0.717) is 0 Å². The van der Waals surface area contributed by atoms with Crippen molar-refractivity contribution in [1.82, 2.24) is 0 Å². The zero-order valence-corrected chi connectivity index (χ0v) is 11.7. The minimum Gasteiger partial charge on any atom is -0.0651 e. The minimum atomic E-state index is 1.08. The highest BCUT2D eigenvalue weighted by Gasteiger charge is 1.92. The number of benzene rings is 2. The van der Waals surface area contributed by atoms with Gasteiger partial charge in [-0.15, -0.1) is 0 Å². The van der Waals surface area contributed by atoms with Gasteiger partial charge in [0.25, 0.3) is 0 Å². The topological polar surface area (TPSA) is 0 Å². The molecule has 0 radical (unpaired) electrons.